The molecule has 0 bridgehead atoms. The Kier molecular flexibility index (Phi) is 3.02. The molecule has 0 radical (unpaired) electrons. The fraction of sp³-hybridized carbons (Fsp3) is 0.286. The Balaban J connectivity index is 2.42. The Morgan fingerprint density at radius 1 is 1.07 bits per heavy atom. The fourth-order valence-electron chi connectivity index (χ4n) is 1.93. The lowest BCUT2D eigenvalue weighted by Crippen LogP contribution is -2.13. The van der Waals surface area contributed by atoms with Crippen molar-refractivity contribution in [2.24, 2.45) is 11.7 Å². The molecule has 78 valence electrons. The average Bonchev–Trinajstić information content (AvgIpc) is 2.29. The van der Waals surface area contributed by atoms with E-state index in [1.54, 1.807) is 0 Å². The summed E-state index contributed by atoms with van der Waals surface area (Å²) >= 11 is 0. The molecule has 0 aromatic heterocycles. The van der Waals surface area contributed by atoms with E-state index in [9.17, 15) is 0 Å². The van der Waals surface area contributed by atoms with Crippen molar-refractivity contribution in [2.75, 3.05) is 6.54 Å². The maximum absolute atomic E-state index is 5.66. The first-order chi connectivity index (χ1) is 7.31. The van der Waals surface area contributed by atoms with Gasteiger partial charge in [0.15, 0.2) is 0 Å². The van der Waals surface area contributed by atoms with Crippen LogP contribution >= 0.6 is 0 Å². The van der Waals surface area contributed by atoms with Crippen LogP contribution in [0, 0.1) is 5.92 Å². The van der Waals surface area contributed by atoms with Crippen molar-refractivity contribution < 1.29 is 0 Å². The Bertz CT molecular complexity index is 443. The van der Waals surface area contributed by atoms with Crippen molar-refractivity contribution in [3.05, 3.63) is 48.0 Å². The summed E-state index contributed by atoms with van der Waals surface area (Å²) < 4.78 is 0. The third kappa shape index (κ3) is 2.18. The van der Waals surface area contributed by atoms with Crippen LogP contribution in [-0.2, 0) is 6.42 Å². The average molecular weight is 199 g/mol. The van der Waals surface area contributed by atoms with E-state index in [0.29, 0.717) is 5.92 Å². The maximum Gasteiger partial charge on any atom is -0.00483 e. The van der Waals surface area contributed by atoms with E-state index in [1.807, 2.05) is 0 Å². The van der Waals surface area contributed by atoms with Gasteiger partial charge >= 0.3 is 0 Å². The normalized spacial score (nSPS) is 12.9. The highest BCUT2D eigenvalue weighted by Gasteiger charge is 2.04. The fourth-order valence-corrected chi connectivity index (χ4v) is 1.93. The van der Waals surface area contributed by atoms with Crippen molar-refractivity contribution in [1.29, 1.82) is 0 Å². The highest BCUT2D eigenvalue weighted by molar-refractivity contribution is 5.85. The van der Waals surface area contributed by atoms with Gasteiger partial charge in [0.05, 0.1) is 0 Å². The standard InChI is InChI=1S/C14H17N/c1-11(10-15)9-13-7-4-6-12-5-2-3-8-14(12)13/h2-8,11H,9-10,15H2,1H3. The number of hydrogen-bond acceptors (Lipinski definition) is 1. The minimum atomic E-state index is 0.552. The number of fused-ring (bicyclic) bond motifs is 1. The Morgan fingerprint density at radius 2 is 1.80 bits per heavy atom. The summed E-state index contributed by atoms with van der Waals surface area (Å²) in [5, 5.41) is 2.68. The van der Waals surface area contributed by atoms with Crippen LogP contribution in [-0.4, -0.2) is 6.54 Å². The molecule has 1 atom stereocenters. The topological polar surface area (TPSA) is 26.0 Å². The van der Waals surface area contributed by atoms with Gasteiger partial charge in [-0.3, -0.25) is 0 Å². The third-order valence-electron chi connectivity index (χ3n) is 2.85. The summed E-state index contributed by atoms with van der Waals surface area (Å²) in [6.07, 6.45) is 1.07. The molecule has 2 rings (SSSR count). The second kappa shape index (κ2) is 4.45. The van der Waals surface area contributed by atoms with Gasteiger partial charge in [0.2, 0.25) is 0 Å². The van der Waals surface area contributed by atoms with Crippen LogP contribution in [0.2, 0.25) is 0 Å². The van der Waals surface area contributed by atoms with Crippen LogP contribution < -0.4 is 5.73 Å². The second-order valence-electron chi connectivity index (χ2n) is 4.18. The van der Waals surface area contributed by atoms with Gasteiger partial charge in [0.25, 0.3) is 0 Å². The lowest BCUT2D eigenvalue weighted by atomic mass is 9.96. The Labute approximate surface area is 90.9 Å². The van der Waals surface area contributed by atoms with E-state index >= 15 is 0 Å². The first kappa shape index (κ1) is 10.2. The molecule has 15 heavy (non-hydrogen) atoms. The maximum atomic E-state index is 5.66. The first-order valence-corrected chi connectivity index (χ1v) is 5.48. The van der Waals surface area contributed by atoms with Gasteiger partial charge in [-0.15, -0.1) is 0 Å². The van der Waals surface area contributed by atoms with Crippen LogP contribution in [0.15, 0.2) is 42.5 Å². The van der Waals surface area contributed by atoms with Gasteiger partial charge in [0.1, 0.15) is 0 Å². The zero-order chi connectivity index (χ0) is 10.7. The highest BCUT2D eigenvalue weighted by atomic mass is 14.5. The number of hydrogen-bond donors (Lipinski definition) is 1. The minimum absolute atomic E-state index is 0.552. The summed E-state index contributed by atoms with van der Waals surface area (Å²) in [5.74, 6) is 0.552. The molecule has 0 amide bonds. The van der Waals surface area contributed by atoms with Crippen molar-refractivity contribution in [1.82, 2.24) is 0 Å². The van der Waals surface area contributed by atoms with Crippen LogP contribution in [0.3, 0.4) is 0 Å². The van der Waals surface area contributed by atoms with Crippen LogP contribution in [0.1, 0.15) is 12.5 Å². The summed E-state index contributed by atoms with van der Waals surface area (Å²) in [7, 11) is 0. The van der Waals surface area contributed by atoms with Crippen molar-refractivity contribution >= 4 is 10.8 Å². The molecule has 1 unspecified atom stereocenters. The first-order valence-electron chi connectivity index (χ1n) is 5.48. The van der Waals surface area contributed by atoms with E-state index in [0.717, 1.165) is 13.0 Å². The molecule has 0 fully saturated rings. The number of rotatable bonds is 3. The van der Waals surface area contributed by atoms with Crippen LogP contribution in [0.4, 0.5) is 0 Å². The highest BCUT2D eigenvalue weighted by Crippen LogP contribution is 2.20. The third-order valence-corrected chi connectivity index (χ3v) is 2.85. The molecular weight excluding hydrogens is 182 g/mol. The molecule has 0 spiro atoms. The van der Waals surface area contributed by atoms with E-state index in [2.05, 4.69) is 49.4 Å². The summed E-state index contributed by atoms with van der Waals surface area (Å²) in [4.78, 5) is 0. The van der Waals surface area contributed by atoms with Crippen LogP contribution in [0.5, 0.6) is 0 Å². The predicted molar refractivity (Wildman–Crippen MR) is 65.9 cm³/mol. The van der Waals surface area contributed by atoms with Gasteiger partial charge in [-0.2, -0.15) is 0 Å². The quantitative estimate of drug-likeness (QED) is 0.808. The van der Waals surface area contributed by atoms with Gasteiger partial charge in [-0.1, -0.05) is 49.4 Å². The zero-order valence-electron chi connectivity index (χ0n) is 9.11. The summed E-state index contributed by atoms with van der Waals surface area (Å²) in [5.41, 5.74) is 7.07. The molecule has 0 saturated carbocycles. The summed E-state index contributed by atoms with van der Waals surface area (Å²) in [6, 6.07) is 15.0. The molecule has 1 nitrogen and oxygen atoms in total. The van der Waals surface area contributed by atoms with Gasteiger partial charge < -0.3 is 5.73 Å². The Hall–Kier alpha value is -1.34. The minimum Gasteiger partial charge on any atom is -0.330 e. The number of benzene rings is 2. The molecule has 0 aliphatic heterocycles. The van der Waals surface area contributed by atoms with Gasteiger partial charge in [-0.25, -0.2) is 0 Å². The number of nitrogens with two attached hydrogens (primary N) is 1. The zero-order valence-corrected chi connectivity index (χ0v) is 9.11. The van der Waals surface area contributed by atoms with Crippen molar-refractivity contribution in [2.45, 2.75) is 13.3 Å². The van der Waals surface area contributed by atoms with Crippen molar-refractivity contribution in [3.63, 3.8) is 0 Å². The smallest absolute Gasteiger partial charge is 0.00483 e. The lowest BCUT2D eigenvalue weighted by molar-refractivity contribution is 0.595. The monoisotopic (exact) mass is 199 g/mol. The summed E-state index contributed by atoms with van der Waals surface area (Å²) in [6.45, 7) is 2.95. The molecule has 0 aliphatic carbocycles. The molecular formula is C14H17N. The van der Waals surface area contributed by atoms with E-state index in [-0.39, 0.29) is 0 Å². The molecule has 0 aliphatic rings. The van der Waals surface area contributed by atoms with Gasteiger partial charge in [0, 0.05) is 0 Å². The second-order valence-corrected chi connectivity index (χ2v) is 4.18. The Morgan fingerprint density at radius 3 is 2.60 bits per heavy atom. The molecule has 0 saturated heterocycles. The van der Waals surface area contributed by atoms with Gasteiger partial charge in [-0.05, 0) is 35.2 Å². The molecule has 2 aromatic rings. The van der Waals surface area contributed by atoms with Crippen molar-refractivity contribution in [3.8, 4) is 0 Å². The molecule has 0 heterocycles. The SMILES string of the molecule is CC(CN)Cc1cccc2ccccc12. The largest absolute Gasteiger partial charge is 0.330 e. The van der Waals surface area contributed by atoms with E-state index < -0.39 is 0 Å². The molecule has 1 heteroatoms. The van der Waals surface area contributed by atoms with Crippen LogP contribution in [0.25, 0.3) is 10.8 Å². The molecule has 2 aromatic carbocycles. The van der Waals surface area contributed by atoms with E-state index in [4.69, 9.17) is 5.73 Å². The molecule has 2 N–H and O–H groups in total. The lowest BCUT2D eigenvalue weighted by Gasteiger charge is -2.10. The predicted octanol–water partition coefficient (Wildman–Crippen LogP) is 2.98. The van der Waals surface area contributed by atoms with E-state index in [1.165, 1.54) is 16.3 Å².